The van der Waals surface area contributed by atoms with Gasteiger partial charge in [0.2, 0.25) is 5.91 Å². The van der Waals surface area contributed by atoms with E-state index in [1.54, 1.807) is 28.4 Å². The molecule has 0 aliphatic carbocycles. The molecule has 1 atom stereocenters. The smallest absolute Gasteiger partial charge is 0.251 e. The Kier molecular flexibility index (Phi) is 5.50. The van der Waals surface area contributed by atoms with E-state index in [9.17, 15) is 9.59 Å². The summed E-state index contributed by atoms with van der Waals surface area (Å²) in [6.45, 7) is 1.26. The number of carbonyl (C=O) groups is 2. The van der Waals surface area contributed by atoms with E-state index >= 15 is 0 Å². The predicted molar refractivity (Wildman–Crippen MR) is 101 cm³/mol. The van der Waals surface area contributed by atoms with Gasteiger partial charge >= 0.3 is 0 Å². The van der Waals surface area contributed by atoms with Crippen LogP contribution in [0.5, 0.6) is 0 Å². The molecule has 25 heavy (non-hydrogen) atoms. The van der Waals surface area contributed by atoms with Crippen molar-refractivity contribution in [2.75, 3.05) is 32.1 Å². The zero-order valence-corrected chi connectivity index (χ0v) is 15.4. The molecule has 1 aliphatic heterocycles. The van der Waals surface area contributed by atoms with Crippen LogP contribution in [0.1, 0.15) is 34.8 Å². The molecule has 1 N–H and O–H groups in total. The summed E-state index contributed by atoms with van der Waals surface area (Å²) in [6, 6.07) is 9.52. The van der Waals surface area contributed by atoms with Crippen molar-refractivity contribution in [2.45, 2.75) is 18.9 Å². The third kappa shape index (κ3) is 4.08. The Bertz CT molecular complexity index is 743. The van der Waals surface area contributed by atoms with Gasteiger partial charge in [-0.2, -0.15) is 11.3 Å². The Balaban J connectivity index is 1.68. The van der Waals surface area contributed by atoms with E-state index < -0.39 is 0 Å². The monoisotopic (exact) mass is 357 g/mol. The van der Waals surface area contributed by atoms with Crippen molar-refractivity contribution in [1.82, 2.24) is 10.2 Å². The van der Waals surface area contributed by atoms with Crippen LogP contribution >= 0.6 is 11.3 Å². The van der Waals surface area contributed by atoms with Crippen molar-refractivity contribution < 1.29 is 9.59 Å². The fraction of sp³-hybridized carbons (Fsp3) is 0.368. The van der Waals surface area contributed by atoms with Gasteiger partial charge in [-0.3, -0.25) is 9.59 Å². The maximum atomic E-state index is 12.6. The van der Waals surface area contributed by atoms with Gasteiger partial charge in [-0.1, -0.05) is 6.07 Å². The van der Waals surface area contributed by atoms with E-state index in [0.29, 0.717) is 18.5 Å². The maximum Gasteiger partial charge on any atom is 0.251 e. The lowest BCUT2D eigenvalue weighted by Crippen LogP contribution is -2.34. The Hall–Kier alpha value is -2.18. The van der Waals surface area contributed by atoms with Crippen molar-refractivity contribution in [3.63, 3.8) is 0 Å². The summed E-state index contributed by atoms with van der Waals surface area (Å²) in [5.41, 5.74) is 2.59. The van der Waals surface area contributed by atoms with Gasteiger partial charge in [-0.05, 0) is 61.1 Å². The van der Waals surface area contributed by atoms with Gasteiger partial charge < -0.3 is 15.1 Å². The Morgan fingerprint density at radius 3 is 2.84 bits per heavy atom. The van der Waals surface area contributed by atoms with Crippen LogP contribution in [0.4, 0.5) is 5.69 Å². The Morgan fingerprint density at radius 1 is 1.36 bits per heavy atom. The molecular formula is C19H23N3O2S. The van der Waals surface area contributed by atoms with Gasteiger partial charge in [0.25, 0.3) is 5.91 Å². The average molecular weight is 357 g/mol. The highest BCUT2D eigenvalue weighted by Crippen LogP contribution is 2.23. The van der Waals surface area contributed by atoms with Gasteiger partial charge in [0.15, 0.2) is 0 Å². The van der Waals surface area contributed by atoms with Crippen LogP contribution in [0.25, 0.3) is 0 Å². The largest absolute Gasteiger partial charge is 0.350 e. The fourth-order valence-corrected chi connectivity index (χ4v) is 3.80. The first kappa shape index (κ1) is 17.6. The number of benzene rings is 1. The number of hydrogen-bond donors (Lipinski definition) is 1. The Labute approximate surface area is 152 Å². The Morgan fingerprint density at radius 2 is 2.20 bits per heavy atom. The lowest BCUT2D eigenvalue weighted by molar-refractivity contribution is -0.117. The number of likely N-dealkylation sites (N-methyl/N-ethyl adjacent to an activating group) is 1. The van der Waals surface area contributed by atoms with Crippen LogP contribution in [0, 0.1) is 0 Å². The van der Waals surface area contributed by atoms with E-state index in [4.69, 9.17) is 0 Å². The molecule has 6 heteroatoms. The topological polar surface area (TPSA) is 52.7 Å². The molecule has 1 aromatic carbocycles. The number of nitrogens with zero attached hydrogens (tertiary/aromatic N) is 2. The minimum atomic E-state index is -0.115. The van der Waals surface area contributed by atoms with Gasteiger partial charge in [0, 0.05) is 30.8 Å². The second-order valence-electron chi connectivity index (χ2n) is 6.45. The molecule has 1 fully saturated rings. The van der Waals surface area contributed by atoms with Crippen molar-refractivity contribution in [2.24, 2.45) is 0 Å². The van der Waals surface area contributed by atoms with Crippen LogP contribution < -0.4 is 10.2 Å². The molecule has 1 unspecified atom stereocenters. The third-order valence-corrected chi connectivity index (χ3v) is 5.20. The fourth-order valence-electron chi connectivity index (χ4n) is 3.09. The van der Waals surface area contributed by atoms with Gasteiger partial charge in [-0.15, -0.1) is 0 Å². The molecule has 1 aromatic heterocycles. The number of hydrogen-bond acceptors (Lipinski definition) is 4. The summed E-state index contributed by atoms with van der Waals surface area (Å²) in [5, 5.41) is 7.17. The first-order valence-electron chi connectivity index (χ1n) is 8.43. The van der Waals surface area contributed by atoms with Gasteiger partial charge in [0.05, 0.1) is 6.04 Å². The normalized spacial score (nSPS) is 15.6. The molecule has 0 bridgehead atoms. The quantitative estimate of drug-likeness (QED) is 0.865. The number of anilines is 1. The van der Waals surface area contributed by atoms with Crippen molar-refractivity contribution in [3.8, 4) is 0 Å². The first-order chi connectivity index (χ1) is 12.1. The molecule has 3 rings (SSSR count). The summed E-state index contributed by atoms with van der Waals surface area (Å²) < 4.78 is 0. The predicted octanol–water partition coefficient (Wildman–Crippen LogP) is 2.91. The molecule has 0 radical (unpaired) electrons. The van der Waals surface area contributed by atoms with Gasteiger partial charge in [0.1, 0.15) is 0 Å². The maximum absolute atomic E-state index is 12.6. The molecule has 2 amide bonds. The van der Waals surface area contributed by atoms with E-state index in [1.165, 1.54) is 5.56 Å². The molecule has 132 valence electrons. The molecule has 1 aliphatic rings. The summed E-state index contributed by atoms with van der Waals surface area (Å²) >= 11 is 1.66. The van der Waals surface area contributed by atoms with Crippen LogP contribution in [-0.2, 0) is 4.79 Å². The molecule has 5 nitrogen and oxygen atoms in total. The van der Waals surface area contributed by atoms with E-state index in [2.05, 4.69) is 21.7 Å². The zero-order valence-electron chi connectivity index (χ0n) is 14.6. The van der Waals surface area contributed by atoms with Crippen molar-refractivity contribution in [3.05, 3.63) is 52.2 Å². The van der Waals surface area contributed by atoms with E-state index in [-0.39, 0.29) is 17.9 Å². The number of rotatable bonds is 6. The van der Waals surface area contributed by atoms with Crippen molar-refractivity contribution >= 4 is 28.8 Å². The van der Waals surface area contributed by atoms with E-state index in [1.807, 2.05) is 31.6 Å². The van der Waals surface area contributed by atoms with Gasteiger partial charge in [-0.25, -0.2) is 0 Å². The number of amides is 2. The zero-order chi connectivity index (χ0) is 17.8. The highest BCUT2D eigenvalue weighted by Gasteiger charge is 2.22. The van der Waals surface area contributed by atoms with Crippen LogP contribution in [0.3, 0.4) is 0 Å². The van der Waals surface area contributed by atoms with E-state index in [0.717, 1.165) is 18.7 Å². The third-order valence-electron chi connectivity index (χ3n) is 4.50. The molecule has 1 saturated heterocycles. The van der Waals surface area contributed by atoms with Crippen LogP contribution in [0.15, 0.2) is 41.1 Å². The van der Waals surface area contributed by atoms with Crippen LogP contribution in [-0.4, -0.2) is 43.9 Å². The average Bonchev–Trinajstić information content (AvgIpc) is 3.26. The van der Waals surface area contributed by atoms with Crippen molar-refractivity contribution in [1.29, 1.82) is 0 Å². The molecule has 2 heterocycles. The minimum Gasteiger partial charge on any atom is -0.350 e. The minimum absolute atomic E-state index is 0.115. The highest BCUT2D eigenvalue weighted by atomic mass is 32.1. The number of nitrogens with one attached hydrogen (secondary N) is 1. The molecule has 0 spiro atoms. The summed E-state index contributed by atoms with van der Waals surface area (Å²) in [6.07, 6.45) is 1.46. The summed E-state index contributed by atoms with van der Waals surface area (Å²) in [4.78, 5) is 28.3. The molecule has 2 aromatic rings. The molecular weight excluding hydrogens is 334 g/mol. The summed E-state index contributed by atoms with van der Waals surface area (Å²) in [5.74, 6) is 0.0123. The first-order valence-corrected chi connectivity index (χ1v) is 9.37. The second-order valence-corrected chi connectivity index (χ2v) is 7.23. The number of thiophene rings is 1. The van der Waals surface area contributed by atoms with Crippen LogP contribution in [0.2, 0.25) is 0 Å². The SMILES string of the molecule is CN(C)C(CNC(=O)c1cccc(N2CCCC2=O)c1)c1ccsc1. The summed E-state index contributed by atoms with van der Waals surface area (Å²) in [7, 11) is 4.02. The second kappa shape index (κ2) is 7.80. The lowest BCUT2D eigenvalue weighted by Gasteiger charge is -2.24. The molecule has 0 saturated carbocycles. The standard InChI is InChI=1S/C19H23N3O2S/c1-21(2)17(15-8-10-25-13-15)12-20-19(24)14-5-3-6-16(11-14)22-9-4-7-18(22)23/h3,5-6,8,10-11,13,17H,4,7,9,12H2,1-2H3,(H,20,24). The highest BCUT2D eigenvalue weighted by molar-refractivity contribution is 7.07. The lowest BCUT2D eigenvalue weighted by atomic mass is 10.1. The number of carbonyl (C=O) groups excluding carboxylic acids is 2.